The van der Waals surface area contributed by atoms with Crippen LogP contribution in [0.4, 0.5) is 0 Å². The van der Waals surface area contributed by atoms with Crippen molar-refractivity contribution in [2.45, 2.75) is 56.2 Å². The number of hydrogen-bond acceptors (Lipinski definition) is 6. The molecule has 150 valence electrons. The van der Waals surface area contributed by atoms with Crippen molar-refractivity contribution in [3.05, 3.63) is 45.9 Å². The zero-order chi connectivity index (χ0) is 19.3. The van der Waals surface area contributed by atoms with Crippen LogP contribution in [-0.2, 0) is 28.9 Å². The molecular formula is C20H25N3O4S. The van der Waals surface area contributed by atoms with Gasteiger partial charge in [0.05, 0.1) is 24.7 Å². The topological polar surface area (TPSA) is 86.4 Å². The van der Waals surface area contributed by atoms with Crippen LogP contribution in [0.2, 0.25) is 0 Å². The number of rotatable bonds is 7. The summed E-state index contributed by atoms with van der Waals surface area (Å²) in [6.45, 7) is 1.73. The maximum Gasteiger partial charge on any atom is 0.349 e. The zero-order valence-electron chi connectivity index (χ0n) is 15.8. The van der Waals surface area contributed by atoms with Crippen LogP contribution in [0.3, 0.4) is 0 Å². The van der Waals surface area contributed by atoms with Crippen LogP contribution in [0.1, 0.15) is 42.7 Å². The summed E-state index contributed by atoms with van der Waals surface area (Å²) in [5.41, 5.74) is 1.86. The van der Waals surface area contributed by atoms with Crippen molar-refractivity contribution < 1.29 is 13.9 Å². The number of nitrogens with zero attached hydrogens (tertiary/aromatic N) is 2. The van der Waals surface area contributed by atoms with Gasteiger partial charge in [-0.2, -0.15) is 4.98 Å². The van der Waals surface area contributed by atoms with Crippen LogP contribution < -0.4 is 11.0 Å². The zero-order valence-corrected chi connectivity index (χ0v) is 16.6. The molecular weight excluding hydrogens is 378 g/mol. The molecule has 1 N–H and O–H groups in total. The minimum atomic E-state index is -0.278. The number of fused-ring (bicyclic) bond motifs is 1. The smallest absolute Gasteiger partial charge is 0.349 e. The average molecular weight is 404 g/mol. The van der Waals surface area contributed by atoms with E-state index in [9.17, 15) is 9.59 Å². The number of furan rings is 1. The van der Waals surface area contributed by atoms with Gasteiger partial charge < -0.3 is 14.5 Å². The van der Waals surface area contributed by atoms with E-state index in [-0.39, 0.29) is 23.5 Å². The molecule has 2 aromatic rings. The molecule has 1 fully saturated rings. The number of thioether (sulfide) groups is 1. The molecule has 1 aliphatic heterocycles. The number of nitrogens with one attached hydrogen (secondary N) is 1. The molecule has 1 saturated heterocycles. The van der Waals surface area contributed by atoms with E-state index in [1.165, 1.54) is 11.8 Å². The van der Waals surface area contributed by atoms with Crippen LogP contribution in [0.15, 0.2) is 32.6 Å². The standard InChI is InChI=1S/C20H25N3O4S/c24-18(21-11-14-5-3-9-26-14)13-28-19-16-7-1-2-8-17(16)23(20(25)22-19)12-15-6-4-10-27-15/h4,6,10,14H,1-3,5,7-9,11-13H2,(H,21,24). The van der Waals surface area contributed by atoms with E-state index >= 15 is 0 Å². The predicted octanol–water partition coefficient (Wildman–Crippen LogP) is 2.15. The molecule has 1 unspecified atom stereocenters. The third-order valence-corrected chi connectivity index (χ3v) is 6.25. The monoisotopic (exact) mass is 403 g/mol. The molecule has 28 heavy (non-hydrogen) atoms. The number of hydrogen-bond donors (Lipinski definition) is 1. The lowest BCUT2D eigenvalue weighted by atomic mass is 9.97. The second-order valence-electron chi connectivity index (χ2n) is 7.23. The van der Waals surface area contributed by atoms with Crippen molar-refractivity contribution >= 4 is 17.7 Å². The van der Waals surface area contributed by atoms with Gasteiger partial charge in [0.1, 0.15) is 10.8 Å². The quantitative estimate of drug-likeness (QED) is 0.563. The fourth-order valence-electron chi connectivity index (χ4n) is 3.81. The molecule has 7 nitrogen and oxygen atoms in total. The van der Waals surface area contributed by atoms with E-state index < -0.39 is 0 Å². The summed E-state index contributed by atoms with van der Waals surface area (Å²) in [6.07, 6.45) is 7.67. The second-order valence-corrected chi connectivity index (χ2v) is 8.19. The molecule has 1 aliphatic carbocycles. The van der Waals surface area contributed by atoms with E-state index in [2.05, 4.69) is 10.3 Å². The lowest BCUT2D eigenvalue weighted by Gasteiger charge is -2.22. The third kappa shape index (κ3) is 4.50. The lowest BCUT2D eigenvalue weighted by Crippen LogP contribution is -2.33. The molecule has 3 heterocycles. The molecule has 0 aromatic carbocycles. The van der Waals surface area contributed by atoms with Crippen LogP contribution in [0, 0.1) is 0 Å². The minimum absolute atomic E-state index is 0.0494. The summed E-state index contributed by atoms with van der Waals surface area (Å²) < 4.78 is 12.6. The molecule has 0 bridgehead atoms. The van der Waals surface area contributed by atoms with Crippen molar-refractivity contribution in [3.8, 4) is 0 Å². The van der Waals surface area contributed by atoms with Crippen LogP contribution in [0.5, 0.6) is 0 Å². The highest BCUT2D eigenvalue weighted by molar-refractivity contribution is 7.99. The summed E-state index contributed by atoms with van der Waals surface area (Å²) >= 11 is 1.36. The summed E-state index contributed by atoms with van der Waals surface area (Å²) in [6, 6.07) is 3.68. The highest BCUT2D eigenvalue weighted by Crippen LogP contribution is 2.28. The third-order valence-electron chi connectivity index (χ3n) is 5.24. The van der Waals surface area contributed by atoms with Gasteiger partial charge >= 0.3 is 5.69 Å². The summed E-state index contributed by atoms with van der Waals surface area (Å²) in [5, 5.41) is 3.62. The Balaban J connectivity index is 1.45. The first-order valence-corrected chi connectivity index (χ1v) is 10.9. The molecule has 0 saturated carbocycles. The van der Waals surface area contributed by atoms with Crippen LogP contribution in [-0.4, -0.2) is 40.5 Å². The van der Waals surface area contributed by atoms with Gasteiger partial charge in [0, 0.05) is 24.4 Å². The van der Waals surface area contributed by atoms with Crippen molar-refractivity contribution in [1.82, 2.24) is 14.9 Å². The van der Waals surface area contributed by atoms with Crippen LogP contribution in [0.25, 0.3) is 0 Å². The minimum Gasteiger partial charge on any atom is -0.467 e. The van der Waals surface area contributed by atoms with E-state index in [1.54, 1.807) is 10.8 Å². The van der Waals surface area contributed by atoms with Gasteiger partial charge in [0.15, 0.2) is 0 Å². The Morgan fingerprint density at radius 3 is 3.00 bits per heavy atom. The Morgan fingerprint density at radius 1 is 1.32 bits per heavy atom. The Labute approximate surface area is 167 Å². The van der Waals surface area contributed by atoms with Gasteiger partial charge in [0.2, 0.25) is 5.91 Å². The number of carbonyl (C=O) groups excluding carboxylic acids is 1. The van der Waals surface area contributed by atoms with Crippen molar-refractivity contribution in [2.75, 3.05) is 18.9 Å². The number of aromatic nitrogens is 2. The molecule has 2 aromatic heterocycles. The number of amides is 1. The molecule has 4 rings (SSSR count). The van der Waals surface area contributed by atoms with E-state index in [0.29, 0.717) is 18.1 Å². The first-order chi connectivity index (χ1) is 13.7. The molecule has 8 heteroatoms. The fraction of sp³-hybridized carbons (Fsp3) is 0.550. The Morgan fingerprint density at radius 2 is 2.21 bits per heavy atom. The molecule has 0 radical (unpaired) electrons. The molecule has 1 atom stereocenters. The largest absolute Gasteiger partial charge is 0.467 e. The maximum absolute atomic E-state index is 12.7. The molecule has 2 aliphatic rings. The Bertz CT molecular complexity index is 872. The van der Waals surface area contributed by atoms with Crippen molar-refractivity contribution in [1.29, 1.82) is 0 Å². The van der Waals surface area contributed by atoms with Gasteiger partial charge in [0.25, 0.3) is 0 Å². The average Bonchev–Trinajstić information content (AvgIpc) is 3.41. The van der Waals surface area contributed by atoms with E-state index in [0.717, 1.165) is 62.1 Å². The van der Waals surface area contributed by atoms with Crippen molar-refractivity contribution in [3.63, 3.8) is 0 Å². The number of carbonyl (C=O) groups is 1. The van der Waals surface area contributed by atoms with Crippen LogP contribution >= 0.6 is 11.8 Å². The Kier molecular flexibility index (Phi) is 6.17. The molecule has 1 amide bonds. The van der Waals surface area contributed by atoms with Gasteiger partial charge in [-0.15, -0.1) is 0 Å². The van der Waals surface area contributed by atoms with Gasteiger partial charge in [-0.25, -0.2) is 4.79 Å². The number of ether oxygens (including phenoxy) is 1. The predicted molar refractivity (Wildman–Crippen MR) is 106 cm³/mol. The van der Waals surface area contributed by atoms with Gasteiger partial charge in [-0.1, -0.05) is 11.8 Å². The lowest BCUT2D eigenvalue weighted by molar-refractivity contribution is -0.119. The van der Waals surface area contributed by atoms with E-state index in [4.69, 9.17) is 9.15 Å². The van der Waals surface area contributed by atoms with E-state index in [1.807, 2.05) is 12.1 Å². The maximum atomic E-state index is 12.7. The first-order valence-electron chi connectivity index (χ1n) is 9.87. The first kappa shape index (κ1) is 19.3. The second kappa shape index (κ2) is 8.96. The summed E-state index contributed by atoms with van der Waals surface area (Å²) in [4.78, 5) is 29.2. The highest BCUT2D eigenvalue weighted by Gasteiger charge is 2.22. The summed E-state index contributed by atoms with van der Waals surface area (Å²) in [5.74, 6) is 0.950. The highest BCUT2D eigenvalue weighted by atomic mass is 32.2. The van der Waals surface area contributed by atoms with Crippen molar-refractivity contribution in [2.24, 2.45) is 0 Å². The summed E-state index contributed by atoms with van der Waals surface area (Å²) in [7, 11) is 0. The SMILES string of the molecule is O=C(CSc1nc(=O)n(Cc2ccco2)c2c1CCCC2)NCC1CCCO1. The normalized spacial score (nSPS) is 18.8. The van der Waals surface area contributed by atoms with Gasteiger partial charge in [-0.3, -0.25) is 9.36 Å². The van der Waals surface area contributed by atoms with Gasteiger partial charge in [-0.05, 0) is 50.7 Å². The fourth-order valence-corrected chi connectivity index (χ4v) is 4.71. The molecule has 0 spiro atoms. The Hall–Kier alpha value is -2.06.